The molecule has 0 saturated carbocycles. The minimum atomic E-state index is -4.98. The molecule has 0 saturated heterocycles. The van der Waals surface area contributed by atoms with Gasteiger partial charge in [0.25, 0.3) is 0 Å². The Morgan fingerprint density at radius 3 is 1.08 bits per heavy atom. The fraction of sp³-hybridized carbons (Fsp3) is 0.0357. The van der Waals surface area contributed by atoms with Crippen LogP contribution in [0, 0.1) is 5.21 Å². The van der Waals surface area contributed by atoms with Gasteiger partial charge in [-0.2, -0.15) is 26.3 Å². The van der Waals surface area contributed by atoms with Crippen LogP contribution in [-0.4, -0.2) is 0 Å². The molecule has 0 aromatic heterocycles. The normalized spacial score (nSPS) is 12.9. The lowest BCUT2D eigenvalue weighted by molar-refractivity contribution is -0.143. The Balaban J connectivity index is 1.10. The molecule has 324 valence electrons. The molecule has 0 amide bonds. The minimum absolute atomic E-state index is 0.120. The summed E-state index contributed by atoms with van der Waals surface area (Å²) in [5, 5.41) is 16.0. The van der Waals surface area contributed by atoms with Crippen molar-refractivity contribution in [2.45, 2.75) is 12.4 Å². The van der Waals surface area contributed by atoms with Crippen LogP contribution in [0.5, 0.6) is 0 Å². The summed E-state index contributed by atoms with van der Waals surface area (Å²) < 4.78 is 81.7. The maximum Gasteiger partial charge on any atom is 0.416 e. The van der Waals surface area contributed by atoms with Crippen molar-refractivity contribution in [3.05, 3.63) is 241 Å². The maximum atomic E-state index is 16.0. The lowest BCUT2D eigenvalue weighted by atomic mass is 9.96. The van der Waals surface area contributed by atoms with Gasteiger partial charge in [-0.15, -0.1) is 0 Å². The summed E-state index contributed by atoms with van der Waals surface area (Å²) in [6.45, 7) is 0. The molecule has 0 unspecified atom stereocenters. The van der Waals surface area contributed by atoms with Gasteiger partial charge in [0.1, 0.15) is 5.69 Å². The highest BCUT2D eigenvalue weighted by molar-refractivity contribution is 6.02. The molecular weight excluding hydrogens is 845 g/mol. The van der Waals surface area contributed by atoms with E-state index in [0.717, 1.165) is 57.4 Å². The number of benzene rings is 9. The molecule has 10 rings (SSSR count). The number of anilines is 6. The molecule has 0 atom stereocenters. The summed E-state index contributed by atoms with van der Waals surface area (Å²) in [6, 6.07) is 66.6. The molecule has 0 radical (unpaired) electrons. The molecule has 0 bridgehead atoms. The van der Waals surface area contributed by atoms with Gasteiger partial charge >= 0.3 is 12.4 Å². The SMILES string of the molecule is [O-][N+]1(c2ccc(-c3cccc(-c4cc(C(F)(F)F)cc(C(F)(F)F)c4)c3)cc2)c2ccc(N(c3ccccc3)c3ccccc3)cc2-c2cc(N(c3ccccc3)c3ccccc3)ccc21. The summed E-state index contributed by atoms with van der Waals surface area (Å²) in [4.78, 5) is 4.29. The van der Waals surface area contributed by atoms with E-state index in [-0.39, 0.29) is 17.2 Å². The fourth-order valence-electron chi connectivity index (χ4n) is 8.78. The quantitative estimate of drug-likeness (QED) is 0.0822. The molecular formula is C56H37F6N3O. The van der Waals surface area contributed by atoms with Crippen LogP contribution in [-0.2, 0) is 12.4 Å². The van der Waals surface area contributed by atoms with Crippen LogP contribution in [0.3, 0.4) is 0 Å². The van der Waals surface area contributed by atoms with Crippen LogP contribution in [0.1, 0.15) is 11.1 Å². The van der Waals surface area contributed by atoms with Crippen molar-refractivity contribution >= 4 is 51.2 Å². The molecule has 1 aliphatic rings. The second-order valence-electron chi connectivity index (χ2n) is 15.9. The summed E-state index contributed by atoms with van der Waals surface area (Å²) >= 11 is 0. The number of fused-ring (bicyclic) bond motifs is 3. The Kier molecular flexibility index (Phi) is 10.6. The molecule has 0 spiro atoms. The average Bonchev–Trinajstić information content (AvgIpc) is 3.59. The maximum absolute atomic E-state index is 16.0. The van der Waals surface area contributed by atoms with Crippen molar-refractivity contribution < 1.29 is 26.3 Å². The Morgan fingerprint density at radius 2 is 0.697 bits per heavy atom. The number of hydrogen-bond donors (Lipinski definition) is 0. The summed E-state index contributed by atoms with van der Waals surface area (Å²) in [5.74, 6) is 0. The number of alkyl halides is 6. The number of rotatable bonds is 9. The van der Waals surface area contributed by atoms with Gasteiger partial charge in [-0.3, -0.25) is 4.65 Å². The molecule has 0 fully saturated rings. The Morgan fingerprint density at radius 1 is 0.318 bits per heavy atom. The highest BCUT2D eigenvalue weighted by atomic mass is 19.4. The fourth-order valence-corrected chi connectivity index (χ4v) is 8.78. The van der Waals surface area contributed by atoms with Crippen LogP contribution < -0.4 is 14.4 Å². The lowest BCUT2D eigenvalue weighted by Crippen LogP contribution is -2.29. The lowest BCUT2D eigenvalue weighted by Gasteiger charge is -2.38. The minimum Gasteiger partial charge on any atom is -0.616 e. The van der Waals surface area contributed by atoms with E-state index in [9.17, 15) is 26.3 Å². The van der Waals surface area contributed by atoms with Crippen LogP contribution >= 0.6 is 0 Å². The van der Waals surface area contributed by atoms with Gasteiger partial charge in [0.15, 0.2) is 11.4 Å². The van der Waals surface area contributed by atoms with E-state index >= 15 is 5.21 Å². The van der Waals surface area contributed by atoms with E-state index in [1.807, 2.05) is 146 Å². The van der Waals surface area contributed by atoms with Crippen LogP contribution in [0.15, 0.2) is 224 Å². The Hall–Kier alpha value is -7.92. The van der Waals surface area contributed by atoms with Crippen LogP contribution in [0.25, 0.3) is 33.4 Å². The zero-order valence-corrected chi connectivity index (χ0v) is 34.9. The van der Waals surface area contributed by atoms with E-state index in [1.54, 1.807) is 42.5 Å². The number of quaternary nitrogens is 1. The average molecular weight is 882 g/mol. The number of nitrogens with zero attached hydrogens (tertiary/aromatic N) is 3. The standard InChI is InChI=1S/C56H37F6N3O/c57-55(58,59)42-33-41(34-43(35-42)56(60,61)62)40-15-13-14-39(32-40)38-24-28-50(29-25-38)65(66)53-30-26-48(63(44-16-5-1-6-17-44)45-18-7-2-8-19-45)36-51(53)52-37-49(27-31-54(52)65)64(46-20-9-3-10-21-46)47-22-11-4-12-23-47/h1-37H. The van der Waals surface area contributed by atoms with Gasteiger partial charge < -0.3 is 15.0 Å². The van der Waals surface area contributed by atoms with Gasteiger partial charge in [-0.05, 0) is 131 Å². The third-order valence-electron chi connectivity index (χ3n) is 11.9. The van der Waals surface area contributed by atoms with Crippen molar-refractivity contribution in [1.82, 2.24) is 4.65 Å². The molecule has 66 heavy (non-hydrogen) atoms. The van der Waals surface area contributed by atoms with Crippen molar-refractivity contribution in [2.75, 3.05) is 9.80 Å². The van der Waals surface area contributed by atoms with Crippen LogP contribution in [0.2, 0.25) is 0 Å². The molecule has 0 N–H and O–H groups in total. The van der Waals surface area contributed by atoms with Crippen molar-refractivity contribution in [3.8, 4) is 33.4 Å². The third kappa shape index (κ3) is 7.76. The number of hydrogen-bond acceptors (Lipinski definition) is 3. The smallest absolute Gasteiger partial charge is 0.416 e. The van der Waals surface area contributed by atoms with Gasteiger partial charge in [0.05, 0.1) is 22.3 Å². The second kappa shape index (κ2) is 16.6. The zero-order chi connectivity index (χ0) is 45.6. The second-order valence-corrected chi connectivity index (χ2v) is 15.9. The summed E-state index contributed by atoms with van der Waals surface area (Å²) in [5.41, 5.74) is 6.65. The molecule has 1 heterocycles. The molecule has 1 aliphatic heterocycles. The van der Waals surface area contributed by atoms with E-state index < -0.39 is 28.1 Å². The summed E-state index contributed by atoms with van der Waals surface area (Å²) in [6.07, 6.45) is -9.97. The third-order valence-corrected chi connectivity index (χ3v) is 11.9. The largest absolute Gasteiger partial charge is 0.616 e. The first kappa shape index (κ1) is 42.1. The molecule has 4 nitrogen and oxygen atoms in total. The van der Waals surface area contributed by atoms with Crippen molar-refractivity contribution in [1.29, 1.82) is 0 Å². The van der Waals surface area contributed by atoms with Crippen molar-refractivity contribution in [3.63, 3.8) is 0 Å². The first-order valence-corrected chi connectivity index (χ1v) is 21.1. The van der Waals surface area contributed by atoms with E-state index in [4.69, 9.17) is 0 Å². The van der Waals surface area contributed by atoms with Crippen LogP contribution in [0.4, 0.5) is 77.5 Å². The topological polar surface area (TPSA) is 29.5 Å². The first-order chi connectivity index (χ1) is 31.9. The predicted molar refractivity (Wildman–Crippen MR) is 253 cm³/mol. The number of para-hydroxylation sites is 4. The molecule has 9 aromatic carbocycles. The van der Waals surface area contributed by atoms with Gasteiger partial charge in [-0.1, -0.05) is 91.0 Å². The predicted octanol–water partition coefficient (Wildman–Crippen LogP) is 17.4. The first-order valence-electron chi connectivity index (χ1n) is 21.1. The Labute approximate surface area is 377 Å². The van der Waals surface area contributed by atoms with Gasteiger partial charge in [0.2, 0.25) is 0 Å². The Bertz CT molecular complexity index is 2940. The highest BCUT2D eigenvalue weighted by Gasteiger charge is 2.41. The zero-order valence-electron chi connectivity index (χ0n) is 34.9. The number of halogens is 6. The van der Waals surface area contributed by atoms with Gasteiger partial charge in [-0.25, -0.2) is 0 Å². The monoisotopic (exact) mass is 881 g/mol. The highest BCUT2D eigenvalue weighted by Crippen LogP contribution is 2.59. The molecule has 0 aliphatic carbocycles. The van der Waals surface area contributed by atoms with E-state index in [1.165, 1.54) is 6.07 Å². The molecule has 9 aromatic rings. The summed E-state index contributed by atoms with van der Waals surface area (Å²) in [7, 11) is 0. The van der Waals surface area contributed by atoms with E-state index in [2.05, 4.69) is 21.9 Å². The van der Waals surface area contributed by atoms with E-state index in [0.29, 0.717) is 28.2 Å². The van der Waals surface area contributed by atoms with Gasteiger partial charge in [0, 0.05) is 58.4 Å². The van der Waals surface area contributed by atoms with Crippen molar-refractivity contribution in [2.24, 2.45) is 0 Å². The molecule has 10 heteroatoms.